The van der Waals surface area contributed by atoms with Crippen molar-refractivity contribution in [3.63, 3.8) is 0 Å². The minimum absolute atomic E-state index is 0.0124. The number of piperidine rings is 1. The molecule has 1 aromatic carbocycles. The summed E-state index contributed by atoms with van der Waals surface area (Å²) >= 11 is 0. The molecule has 2 aromatic heterocycles. The quantitative estimate of drug-likeness (QED) is 0.537. The van der Waals surface area contributed by atoms with Gasteiger partial charge in [-0.05, 0) is 19.1 Å². The van der Waals surface area contributed by atoms with Crippen molar-refractivity contribution < 1.29 is 18.7 Å². The molecule has 1 aliphatic rings. The SMILES string of the molecule is C#C[C@H](Nc1ccccc1C(=O)O)c1nc(C)cn2c(=O)c(C#N)c(N3CCC(F)(F)CC3)nc12. The van der Waals surface area contributed by atoms with E-state index in [4.69, 9.17) is 6.42 Å². The second kappa shape index (κ2) is 9.03. The minimum Gasteiger partial charge on any atom is -0.478 e. The van der Waals surface area contributed by atoms with Gasteiger partial charge in [0.25, 0.3) is 11.5 Å². The largest absolute Gasteiger partial charge is 0.478 e. The molecule has 0 radical (unpaired) electrons. The third-order valence-electron chi connectivity index (χ3n) is 5.74. The van der Waals surface area contributed by atoms with Gasteiger partial charge in [-0.2, -0.15) is 5.26 Å². The summed E-state index contributed by atoms with van der Waals surface area (Å²) < 4.78 is 28.6. The highest BCUT2D eigenvalue weighted by atomic mass is 19.3. The Kier molecular flexibility index (Phi) is 6.10. The topological polar surface area (TPSA) is 124 Å². The number of hydrogen-bond donors (Lipinski definition) is 2. The highest BCUT2D eigenvalue weighted by Gasteiger charge is 2.36. The molecule has 1 aliphatic heterocycles. The Bertz CT molecular complexity index is 1460. The lowest BCUT2D eigenvalue weighted by Crippen LogP contribution is -2.41. The number of aromatic carboxylic acids is 1. The van der Waals surface area contributed by atoms with E-state index in [1.807, 2.05) is 6.07 Å². The number of nitrogens with one attached hydrogen (secondary N) is 1. The van der Waals surface area contributed by atoms with E-state index in [0.717, 1.165) is 4.40 Å². The van der Waals surface area contributed by atoms with Gasteiger partial charge in [-0.1, -0.05) is 18.1 Å². The average molecular weight is 478 g/mol. The lowest BCUT2D eigenvalue weighted by atomic mass is 10.1. The Morgan fingerprint density at radius 2 is 1.97 bits per heavy atom. The van der Waals surface area contributed by atoms with Gasteiger partial charge < -0.3 is 15.3 Å². The lowest BCUT2D eigenvalue weighted by molar-refractivity contribution is -0.0221. The lowest BCUT2D eigenvalue weighted by Gasteiger charge is -2.33. The molecule has 9 nitrogen and oxygen atoms in total. The first kappa shape index (κ1) is 23.6. The van der Waals surface area contributed by atoms with Crippen LogP contribution in [0.5, 0.6) is 0 Å². The third kappa shape index (κ3) is 4.49. The number of fused-ring (bicyclic) bond motifs is 1. The summed E-state index contributed by atoms with van der Waals surface area (Å²) in [5, 5.41) is 22.1. The highest BCUT2D eigenvalue weighted by molar-refractivity contribution is 5.94. The second-order valence-corrected chi connectivity index (χ2v) is 8.13. The molecule has 35 heavy (non-hydrogen) atoms. The molecular weight excluding hydrogens is 458 g/mol. The number of terminal acetylenes is 1. The van der Waals surface area contributed by atoms with Crippen LogP contribution < -0.4 is 15.8 Å². The van der Waals surface area contributed by atoms with E-state index in [9.17, 15) is 28.7 Å². The van der Waals surface area contributed by atoms with Crippen LogP contribution in [0.4, 0.5) is 20.3 Å². The normalized spacial score (nSPS) is 15.7. The zero-order valence-corrected chi connectivity index (χ0v) is 18.6. The van der Waals surface area contributed by atoms with Crippen molar-refractivity contribution in [1.82, 2.24) is 14.4 Å². The molecule has 0 amide bonds. The standard InChI is InChI=1S/C24H20F2N6O3/c1-3-17(29-18-7-5-4-6-15(18)23(34)35)19-21-30-20(31-10-8-24(25,26)9-11-31)16(12-27)22(33)32(21)13-14(2)28-19/h1,4-7,13,17,29H,8-11H2,2H3,(H,34,35)/t17-/m0/s1. The molecule has 1 atom stereocenters. The molecular formula is C24H20F2N6O3. The van der Waals surface area contributed by atoms with Crippen molar-refractivity contribution >= 4 is 23.1 Å². The molecule has 0 bridgehead atoms. The fraction of sp³-hybridized carbons (Fsp3) is 0.292. The van der Waals surface area contributed by atoms with Crippen LogP contribution in [0.3, 0.4) is 0 Å². The van der Waals surface area contributed by atoms with Crippen LogP contribution >= 0.6 is 0 Å². The van der Waals surface area contributed by atoms with Gasteiger partial charge in [-0.25, -0.2) is 23.5 Å². The Labute approximate surface area is 198 Å². The molecule has 178 valence electrons. The highest BCUT2D eigenvalue weighted by Crippen LogP contribution is 2.31. The molecule has 1 saturated heterocycles. The van der Waals surface area contributed by atoms with Gasteiger partial charge in [-0.3, -0.25) is 9.20 Å². The Balaban J connectivity index is 1.88. The van der Waals surface area contributed by atoms with Crippen LogP contribution in [0.15, 0.2) is 35.3 Å². The van der Waals surface area contributed by atoms with Gasteiger partial charge >= 0.3 is 5.97 Å². The van der Waals surface area contributed by atoms with Crippen molar-refractivity contribution in [2.24, 2.45) is 0 Å². The number of aryl methyl sites for hydroxylation is 1. The Morgan fingerprint density at radius 3 is 2.60 bits per heavy atom. The van der Waals surface area contributed by atoms with E-state index < -0.39 is 36.3 Å². The number of benzene rings is 1. The summed E-state index contributed by atoms with van der Waals surface area (Å²) in [6, 6.07) is 7.01. The average Bonchev–Trinajstić information content (AvgIpc) is 2.82. The molecule has 2 N–H and O–H groups in total. The first-order valence-electron chi connectivity index (χ1n) is 10.7. The van der Waals surface area contributed by atoms with Crippen LogP contribution in [0.25, 0.3) is 5.65 Å². The number of para-hydroxylation sites is 1. The number of halogens is 2. The fourth-order valence-corrected chi connectivity index (χ4v) is 3.98. The smallest absolute Gasteiger partial charge is 0.337 e. The Hall–Kier alpha value is -4.51. The number of anilines is 2. The van der Waals surface area contributed by atoms with Crippen LogP contribution in [0.1, 0.15) is 46.2 Å². The van der Waals surface area contributed by atoms with Crippen LogP contribution in [-0.4, -0.2) is 44.5 Å². The molecule has 1 fully saturated rings. The van der Waals surface area contributed by atoms with Crippen molar-refractivity contribution in [2.45, 2.75) is 31.7 Å². The number of aromatic nitrogens is 3. The molecule has 11 heteroatoms. The van der Waals surface area contributed by atoms with Gasteiger partial charge in [0.2, 0.25) is 0 Å². The molecule has 0 saturated carbocycles. The second-order valence-electron chi connectivity index (χ2n) is 8.13. The molecule has 3 aromatic rings. The van der Waals surface area contributed by atoms with Gasteiger partial charge in [0.05, 0.1) is 11.3 Å². The van der Waals surface area contributed by atoms with E-state index >= 15 is 0 Å². The van der Waals surface area contributed by atoms with E-state index in [1.165, 1.54) is 17.2 Å². The van der Waals surface area contributed by atoms with Gasteiger partial charge in [0.15, 0.2) is 17.0 Å². The maximum absolute atomic E-state index is 13.7. The van der Waals surface area contributed by atoms with Crippen molar-refractivity contribution in [1.29, 1.82) is 5.26 Å². The number of hydrogen-bond acceptors (Lipinski definition) is 7. The van der Waals surface area contributed by atoms with Crippen molar-refractivity contribution in [2.75, 3.05) is 23.3 Å². The zero-order valence-electron chi connectivity index (χ0n) is 18.6. The number of carboxylic acids is 1. The minimum atomic E-state index is -2.82. The summed E-state index contributed by atoms with van der Waals surface area (Å²) in [5.74, 6) is -1.49. The molecule has 0 aliphatic carbocycles. The number of rotatable bonds is 5. The number of nitriles is 1. The summed E-state index contributed by atoms with van der Waals surface area (Å²) in [6.45, 7) is 1.46. The Morgan fingerprint density at radius 1 is 1.29 bits per heavy atom. The van der Waals surface area contributed by atoms with E-state index in [-0.39, 0.29) is 47.1 Å². The number of carboxylic acid groups (broad SMARTS) is 1. The maximum Gasteiger partial charge on any atom is 0.337 e. The van der Waals surface area contributed by atoms with Crippen molar-refractivity contribution in [3.8, 4) is 18.4 Å². The van der Waals surface area contributed by atoms with E-state index in [1.54, 1.807) is 25.1 Å². The number of nitrogens with zero attached hydrogens (tertiary/aromatic N) is 5. The predicted octanol–water partition coefficient (Wildman–Crippen LogP) is 2.99. The first-order valence-corrected chi connectivity index (χ1v) is 10.7. The summed E-state index contributed by atoms with van der Waals surface area (Å²) in [6.07, 6.45) is 6.30. The zero-order chi connectivity index (χ0) is 25.3. The van der Waals surface area contributed by atoms with Gasteiger partial charge in [-0.15, -0.1) is 6.42 Å². The third-order valence-corrected chi connectivity index (χ3v) is 5.74. The first-order chi connectivity index (χ1) is 16.6. The van der Waals surface area contributed by atoms with Gasteiger partial charge in [0.1, 0.15) is 17.8 Å². The maximum atomic E-state index is 13.7. The predicted molar refractivity (Wildman–Crippen MR) is 124 cm³/mol. The molecule has 3 heterocycles. The van der Waals surface area contributed by atoms with E-state index in [0.29, 0.717) is 5.69 Å². The van der Waals surface area contributed by atoms with Crippen LogP contribution in [0, 0.1) is 30.6 Å². The van der Waals surface area contributed by atoms with Crippen molar-refractivity contribution in [3.05, 3.63) is 63.3 Å². The molecule has 0 spiro atoms. The number of alkyl halides is 2. The van der Waals surface area contributed by atoms with Crippen LogP contribution in [-0.2, 0) is 0 Å². The summed E-state index contributed by atoms with van der Waals surface area (Å²) in [5.41, 5.74) is -0.147. The molecule has 4 rings (SSSR count). The molecule has 0 unspecified atom stereocenters. The number of carbonyl (C=O) groups is 1. The van der Waals surface area contributed by atoms with Gasteiger partial charge in [0, 0.05) is 37.8 Å². The monoisotopic (exact) mass is 478 g/mol. The summed E-state index contributed by atoms with van der Waals surface area (Å²) in [4.78, 5) is 35.3. The fourth-order valence-electron chi connectivity index (χ4n) is 3.98. The van der Waals surface area contributed by atoms with E-state index in [2.05, 4.69) is 21.2 Å². The van der Waals surface area contributed by atoms with Crippen LogP contribution in [0.2, 0.25) is 0 Å². The summed E-state index contributed by atoms with van der Waals surface area (Å²) in [7, 11) is 0.